The van der Waals surface area contributed by atoms with Crippen molar-refractivity contribution in [3.05, 3.63) is 0 Å². The number of hydrogen-bond donors (Lipinski definition) is 2. The van der Waals surface area contributed by atoms with E-state index in [2.05, 4.69) is 5.32 Å². The second-order valence-corrected chi connectivity index (χ2v) is 5.61. The predicted molar refractivity (Wildman–Crippen MR) is 56.0 cm³/mol. The van der Waals surface area contributed by atoms with Gasteiger partial charge in [0.2, 0.25) is 5.91 Å². The van der Waals surface area contributed by atoms with E-state index in [-0.39, 0.29) is 18.6 Å². The Morgan fingerprint density at radius 2 is 2.00 bits per heavy atom. The van der Waals surface area contributed by atoms with Gasteiger partial charge in [-0.25, -0.2) is 0 Å². The molecule has 84 valence electrons. The third-order valence-corrected chi connectivity index (χ3v) is 4.70. The van der Waals surface area contributed by atoms with E-state index in [4.69, 9.17) is 5.11 Å². The van der Waals surface area contributed by atoms with Crippen molar-refractivity contribution >= 4 is 5.91 Å². The molecule has 0 spiro atoms. The molecular weight excluding hydrogens is 190 g/mol. The van der Waals surface area contributed by atoms with Crippen molar-refractivity contribution in [1.29, 1.82) is 0 Å². The Hall–Kier alpha value is -0.570. The fourth-order valence-electron chi connectivity index (χ4n) is 4.06. The highest BCUT2D eigenvalue weighted by Crippen LogP contribution is 2.69. The molecule has 1 amide bonds. The minimum absolute atomic E-state index is 0.0423. The van der Waals surface area contributed by atoms with Crippen molar-refractivity contribution < 1.29 is 9.90 Å². The van der Waals surface area contributed by atoms with E-state index in [0.717, 1.165) is 11.8 Å². The molecule has 3 fully saturated rings. The highest BCUT2D eigenvalue weighted by molar-refractivity contribution is 5.83. The Balaban J connectivity index is 1.60. The predicted octanol–water partition coefficient (Wildman–Crippen LogP) is 0.775. The quantitative estimate of drug-likeness (QED) is 0.721. The van der Waals surface area contributed by atoms with Gasteiger partial charge in [-0.2, -0.15) is 0 Å². The van der Waals surface area contributed by atoms with Crippen LogP contribution >= 0.6 is 0 Å². The van der Waals surface area contributed by atoms with E-state index in [1.807, 2.05) is 6.92 Å². The lowest BCUT2D eigenvalue weighted by molar-refractivity contribution is -0.124. The molecule has 2 bridgehead atoms. The molecule has 3 heteroatoms. The van der Waals surface area contributed by atoms with E-state index in [0.29, 0.717) is 17.8 Å². The third kappa shape index (κ3) is 1.32. The average molecular weight is 209 g/mol. The van der Waals surface area contributed by atoms with Gasteiger partial charge >= 0.3 is 0 Å². The molecule has 0 aromatic heterocycles. The maximum atomic E-state index is 11.9. The Morgan fingerprint density at radius 3 is 2.53 bits per heavy atom. The molecule has 3 rings (SSSR count). The van der Waals surface area contributed by atoms with Crippen molar-refractivity contribution in [2.75, 3.05) is 6.61 Å². The standard InChI is InChI=1S/C12H19NO2/c1-6(5-14)13-12(15)11-9-7-2-3-8(4-7)10(9)11/h6-11,14H,2-5H2,1H3,(H,13,15). The molecule has 3 aliphatic carbocycles. The van der Waals surface area contributed by atoms with Crippen molar-refractivity contribution in [3.63, 3.8) is 0 Å². The molecule has 0 saturated heterocycles. The topological polar surface area (TPSA) is 49.3 Å². The van der Waals surface area contributed by atoms with Crippen molar-refractivity contribution in [1.82, 2.24) is 5.32 Å². The zero-order valence-electron chi connectivity index (χ0n) is 9.15. The number of carbonyl (C=O) groups excluding carboxylic acids is 1. The lowest BCUT2D eigenvalue weighted by Gasteiger charge is -2.13. The number of aliphatic hydroxyl groups excluding tert-OH is 1. The maximum absolute atomic E-state index is 11.9. The first kappa shape index (κ1) is 9.64. The molecule has 0 aliphatic heterocycles. The van der Waals surface area contributed by atoms with Crippen molar-refractivity contribution in [2.24, 2.45) is 29.6 Å². The number of fused-ring (bicyclic) bond motifs is 5. The summed E-state index contributed by atoms with van der Waals surface area (Å²) in [7, 11) is 0. The van der Waals surface area contributed by atoms with E-state index in [9.17, 15) is 4.79 Å². The second kappa shape index (κ2) is 3.21. The molecule has 15 heavy (non-hydrogen) atoms. The van der Waals surface area contributed by atoms with Crippen LogP contribution in [0.15, 0.2) is 0 Å². The first-order chi connectivity index (χ1) is 7.22. The highest BCUT2D eigenvalue weighted by atomic mass is 16.3. The summed E-state index contributed by atoms with van der Waals surface area (Å²) in [6.07, 6.45) is 4.09. The summed E-state index contributed by atoms with van der Waals surface area (Å²) in [6.45, 7) is 1.89. The van der Waals surface area contributed by atoms with Gasteiger partial charge in [-0.05, 0) is 49.9 Å². The average Bonchev–Trinajstić information content (AvgIpc) is 2.68. The van der Waals surface area contributed by atoms with Gasteiger partial charge in [-0.3, -0.25) is 4.79 Å². The zero-order valence-corrected chi connectivity index (χ0v) is 9.15. The van der Waals surface area contributed by atoms with E-state index in [1.165, 1.54) is 19.3 Å². The summed E-state index contributed by atoms with van der Waals surface area (Å²) < 4.78 is 0. The largest absolute Gasteiger partial charge is 0.394 e. The van der Waals surface area contributed by atoms with Gasteiger partial charge in [0.25, 0.3) is 0 Å². The first-order valence-corrected chi connectivity index (χ1v) is 6.13. The monoisotopic (exact) mass is 209 g/mol. The molecule has 3 saturated carbocycles. The van der Waals surface area contributed by atoms with Crippen molar-refractivity contribution in [3.8, 4) is 0 Å². The molecular formula is C12H19NO2. The van der Waals surface area contributed by atoms with Gasteiger partial charge in [-0.15, -0.1) is 0 Å². The fraction of sp³-hybridized carbons (Fsp3) is 0.917. The Morgan fingerprint density at radius 1 is 1.40 bits per heavy atom. The molecule has 3 aliphatic rings. The Labute approximate surface area is 90.2 Å². The van der Waals surface area contributed by atoms with Crippen LogP contribution in [0.2, 0.25) is 0 Å². The molecule has 5 atom stereocenters. The summed E-state index contributed by atoms with van der Waals surface area (Å²) in [6, 6.07) is -0.0866. The van der Waals surface area contributed by atoms with Crippen LogP contribution in [0.4, 0.5) is 0 Å². The number of nitrogens with one attached hydrogen (secondary N) is 1. The van der Waals surface area contributed by atoms with Gasteiger partial charge in [0, 0.05) is 12.0 Å². The molecule has 3 nitrogen and oxygen atoms in total. The van der Waals surface area contributed by atoms with Crippen LogP contribution in [-0.2, 0) is 4.79 Å². The highest BCUT2D eigenvalue weighted by Gasteiger charge is 2.67. The summed E-state index contributed by atoms with van der Waals surface area (Å²) >= 11 is 0. The summed E-state index contributed by atoms with van der Waals surface area (Å²) in [5.41, 5.74) is 0. The Kier molecular flexibility index (Phi) is 2.06. The normalized spacial score (nSPS) is 47.5. The van der Waals surface area contributed by atoms with E-state index >= 15 is 0 Å². The van der Waals surface area contributed by atoms with E-state index < -0.39 is 0 Å². The van der Waals surface area contributed by atoms with Crippen LogP contribution in [0.3, 0.4) is 0 Å². The van der Waals surface area contributed by atoms with Crippen LogP contribution in [0.25, 0.3) is 0 Å². The van der Waals surface area contributed by atoms with Gasteiger partial charge in [0.15, 0.2) is 0 Å². The van der Waals surface area contributed by atoms with E-state index in [1.54, 1.807) is 0 Å². The minimum atomic E-state index is -0.0866. The molecule has 0 heterocycles. The molecule has 5 unspecified atom stereocenters. The molecule has 0 aromatic rings. The van der Waals surface area contributed by atoms with Crippen LogP contribution in [0.5, 0.6) is 0 Å². The van der Waals surface area contributed by atoms with Gasteiger partial charge in [-0.1, -0.05) is 0 Å². The Bertz CT molecular complexity index is 275. The molecule has 2 N–H and O–H groups in total. The molecule has 0 aromatic carbocycles. The third-order valence-electron chi connectivity index (χ3n) is 4.70. The van der Waals surface area contributed by atoms with Crippen molar-refractivity contribution in [2.45, 2.75) is 32.2 Å². The van der Waals surface area contributed by atoms with Crippen LogP contribution in [0, 0.1) is 29.6 Å². The van der Waals surface area contributed by atoms with Gasteiger partial charge in [0.1, 0.15) is 0 Å². The summed E-state index contributed by atoms with van der Waals surface area (Å²) in [5, 5.41) is 11.8. The zero-order chi connectivity index (χ0) is 10.6. The van der Waals surface area contributed by atoms with Gasteiger partial charge < -0.3 is 10.4 Å². The SMILES string of the molecule is CC(CO)NC(=O)C1C2C3CCC(C3)C12. The number of amides is 1. The first-order valence-electron chi connectivity index (χ1n) is 6.13. The maximum Gasteiger partial charge on any atom is 0.223 e. The van der Waals surface area contributed by atoms with Crippen LogP contribution in [-0.4, -0.2) is 23.7 Å². The smallest absolute Gasteiger partial charge is 0.223 e. The minimum Gasteiger partial charge on any atom is -0.394 e. The van der Waals surface area contributed by atoms with Crippen LogP contribution < -0.4 is 5.32 Å². The number of carbonyl (C=O) groups is 1. The second-order valence-electron chi connectivity index (χ2n) is 5.61. The number of hydrogen-bond acceptors (Lipinski definition) is 2. The number of rotatable bonds is 3. The molecule has 0 radical (unpaired) electrons. The lowest BCUT2D eigenvalue weighted by Crippen LogP contribution is -2.37. The lowest BCUT2D eigenvalue weighted by atomic mass is 10.0. The van der Waals surface area contributed by atoms with Crippen LogP contribution in [0.1, 0.15) is 26.2 Å². The summed E-state index contributed by atoms with van der Waals surface area (Å²) in [5.74, 6) is 3.60. The number of aliphatic hydroxyl groups is 1. The summed E-state index contributed by atoms with van der Waals surface area (Å²) in [4.78, 5) is 11.9. The fourth-order valence-corrected chi connectivity index (χ4v) is 4.06. The van der Waals surface area contributed by atoms with Gasteiger partial charge in [0.05, 0.1) is 6.61 Å².